The van der Waals surface area contributed by atoms with Gasteiger partial charge in [0.1, 0.15) is 12.5 Å². The summed E-state index contributed by atoms with van der Waals surface area (Å²) in [6, 6.07) is 7.62. The fourth-order valence-corrected chi connectivity index (χ4v) is 2.80. The van der Waals surface area contributed by atoms with Gasteiger partial charge in [-0.15, -0.1) is 12.4 Å². The highest BCUT2D eigenvalue weighted by Crippen LogP contribution is 2.30. The van der Waals surface area contributed by atoms with Gasteiger partial charge >= 0.3 is 5.97 Å². The number of ketones is 3. The van der Waals surface area contributed by atoms with Gasteiger partial charge in [0.25, 0.3) is 0 Å². The number of furan rings is 1. The fourth-order valence-electron chi connectivity index (χ4n) is 2.80. The first-order chi connectivity index (χ1) is 12.0. The van der Waals surface area contributed by atoms with Gasteiger partial charge < -0.3 is 14.5 Å². The second-order valence-electron chi connectivity index (χ2n) is 5.93. The van der Waals surface area contributed by atoms with E-state index in [1.807, 2.05) is 0 Å². The smallest absolute Gasteiger partial charge is 0.314 e. The Morgan fingerprint density at radius 1 is 1.08 bits per heavy atom. The molecule has 4 rings (SSSR count). The first-order valence-electron chi connectivity index (χ1n) is 7.80. The summed E-state index contributed by atoms with van der Waals surface area (Å²) in [5.74, 6) is -2.47. The summed E-state index contributed by atoms with van der Waals surface area (Å²) in [5.41, 5.74) is 0.561. The van der Waals surface area contributed by atoms with Crippen LogP contribution in [0.4, 0.5) is 0 Å². The van der Waals surface area contributed by atoms with Crippen LogP contribution in [0.2, 0.25) is 0 Å². The third kappa shape index (κ3) is 2.95. The molecule has 2 heterocycles. The number of ether oxygens (including phenoxy) is 1. The standard InChI is InChI=1S/C18H13NO6.ClH/c20-13(6-15(21)24-9-7-19-8-9)14-5-12-16(22)10-3-1-2-4-11(10)17(23)18(12)25-14;/h1-5,9,19H,6-8H2;1H. The van der Waals surface area contributed by atoms with E-state index in [0.717, 1.165) is 0 Å². The first kappa shape index (κ1) is 18.0. The number of benzene rings is 1. The molecule has 0 saturated carbocycles. The molecule has 2 aromatic rings. The Morgan fingerprint density at radius 2 is 1.73 bits per heavy atom. The molecule has 0 unspecified atom stereocenters. The molecule has 0 bridgehead atoms. The van der Waals surface area contributed by atoms with E-state index < -0.39 is 24.0 Å². The van der Waals surface area contributed by atoms with E-state index in [-0.39, 0.29) is 52.5 Å². The number of nitrogens with one attached hydrogen (secondary N) is 1. The summed E-state index contributed by atoms with van der Waals surface area (Å²) in [6.07, 6.45) is -0.721. The molecule has 1 saturated heterocycles. The van der Waals surface area contributed by atoms with Crippen LogP contribution >= 0.6 is 12.4 Å². The van der Waals surface area contributed by atoms with Crippen LogP contribution in [0.5, 0.6) is 0 Å². The van der Waals surface area contributed by atoms with Crippen LogP contribution in [0.3, 0.4) is 0 Å². The second-order valence-corrected chi connectivity index (χ2v) is 5.93. The Morgan fingerprint density at radius 3 is 2.35 bits per heavy atom. The molecule has 0 radical (unpaired) electrons. The molecular weight excluding hydrogens is 362 g/mol. The fraction of sp³-hybridized carbons (Fsp3) is 0.222. The monoisotopic (exact) mass is 375 g/mol. The van der Waals surface area contributed by atoms with Gasteiger partial charge in [0.2, 0.25) is 11.6 Å². The minimum atomic E-state index is -0.660. The van der Waals surface area contributed by atoms with Gasteiger partial charge in [0, 0.05) is 24.2 Å². The number of carbonyl (C=O) groups excluding carboxylic acids is 4. The molecule has 0 atom stereocenters. The molecule has 8 heteroatoms. The van der Waals surface area contributed by atoms with Crippen molar-refractivity contribution in [1.82, 2.24) is 5.32 Å². The first-order valence-corrected chi connectivity index (χ1v) is 7.80. The van der Waals surface area contributed by atoms with Gasteiger partial charge in [-0.2, -0.15) is 0 Å². The van der Waals surface area contributed by atoms with Crippen molar-refractivity contribution in [3.8, 4) is 0 Å². The molecule has 1 N–H and O–H groups in total. The maximum absolute atomic E-state index is 12.5. The number of halogens is 1. The Balaban J connectivity index is 0.00000196. The maximum Gasteiger partial charge on any atom is 0.314 e. The quantitative estimate of drug-likeness (QED) is 0.419. The molecule has 1 aromatic carbocycles. The Bertz CT molecular complexity index is 875. The summed E-state index contributed by atoms with van der Waals surface area (Å²) >= 11 is 0. The lowest BCUT2D eigenvalue weighted by atomic mass is 9.88. The van der Waals surface area contributed by atoms with Crippen LogP contribution in [-0.2, 0) is 9.53 Å². The van der Waals surface area contributed by atoms with Crippen LogP contribution in [0.25, 0.3) is 0 Å². The zero-order valence-electron chi connectivity index (χ0n) is 13.4. The van der Waals surface area contributed by atoms with Gasteiger partial charge in [-0.25, -0.2) is 0 Å². The van der Waals surface area contributed by atoms with E-state index >= 15 is 0 Å². The zero-order chi connectivity index (χ0) is 17.6. The van der Waals surface area contributed by atoms with Crippen LogP contribution in [-0.4, -0.2) is 42.5 Å². The largest absolute Gasteiger partial charge is 0.459 e. The highest BCUT2D eigenvalue weighted by atomic mass is 35.5. The van der Waals surface area contributed by atoms with Gasteiger partial charge in [-0.1, -0.05) is 24.3 Å². The van der Waals surface area contributed by atoms with E-state index in [0.29, 0.717) is 13.1 Å². The van der Waals surface area contributed by atoms with Gasteiger partial charge in [-0.3, -0.25) is 19.2 Å². The summed E-state index contributed by atoms with van der Waals surface area (Å²) in [4.78, 5) is 48.9. The van der Waals surface area contributed by atoms with E-state index in [4.69, 9.17) is 9.15 Å². The molecular formula is C18H14ClNO6. The summed E-state index contributed by atoms with van der Waals surface area (Å²) in [5, 5.41) is 2.95. The lowest BCUT2D eigenvalue weighted by Crippen LogP contribution is -2.49. The average Bonchev–Trinajstić information content (AvgIpc) is 3.02. The third-order valence-electron chi connectivity index (χ3n) is 4.22. The van der Waals surface area contributed by atoms with E-state index in [1.54, 1.807) is 18.2 Å². The summed E-state index contributed by atoms with van der Waals surface area (Å²) < 4.78 is 10.4. The zero-order valence-corrected chi connectivity index (χ0v) is 14.3. The molecule has 1 fully saturated rings. The van der Waals surface area contributed by atoms with Crippen molar-refractivity contribution in [2.45, 2.75) is 12.5 Å². The SMILES string of the molecule is Cl.O=C(CC(=O)c1cc2c(o1)C(=O)c1ccccc1C2=O)OC1CNC1. The molecule has 0 spiro atoms. The van der Waals surface area contributed by atoms with Crippen molar-refractivity contribution in [3.05, 3.63) is 58.5 Å². The minimum absolute atomic E-state index is 0. The lowest BCUT2D eigenvalue weighted by molar-refractivity contribution is -0.150. The molecule has 2 aliphatic rings. The van der Waals surface area contributed by atoms with Crippen molar-refractivity contribution in [2.75, 3.05) is 13.1 Å². The van der Waals surface area contributed by atoms with Crippen LogP contribution in [0.1, 0.15) is 49.0 Å². The van der Waals surface area contributed by atoms with Crippen molar-refractivity contribution < 1.29 is 28.3 Å². The van der Waals surface area contributed by atoms with Crippen LogP contribution in [0.15, 0.2) is 34.7 Å². The Labute approximate surface area is 154 Å². The molecule has 26 heavy (non-hydrogen) atoms. The predicted octanol–water partition coefficient (Wildman–Crippen LogP) is 1.56. The Hall–Kier alpha value is -2.77. The van der Waals surface area contributed by atoms with Gasteiger partial charge in [0.15, 0.2) is 17.3 Å². The number of Topliss-reactive ketones (excluding diaryl/α,β-unsaturated/α-hetero) is 1. The predicted molar refractivity (Wildman–Crippen MR) is 91.0 cm³/mol. The summed E-state index contributed by atoms with van der Waals surface area (Å²) in [6.45, 7) is 1.13. The number of carbonyl (C=O) groups is 4. The number of fused-ring (bicyclic) bond motifs is 2. The molecule has 0 amide bonds. The normalized spacial score (nSPS) is 15.4. The number of esters is 1. The number of hydrogen-bond acceptors (Lipinski definition) is 7. The van der Waals surface area contributed by atoms with Crippen molar-refractivity contribution >= 4 is 35.7 Å². The van der Waals surface area contributed by atoms with Crippen molar-refractivity contribution in [1.29, 1.82) is 0 Å². The molecule has 1 aliphatic carbocycles. The molecule has 1 aromatic heterocycles. The topological polar surface area (TPSA) is 103 Å². The average molecular weight is 376 g/mol. The molecule has 7 nitrogen and oxygen atoms in total. The number of hydrogen-bond donors (Lipinski definition) is 1. The Kier molecular flexibility index (Phi) is 4.76. The molecule has 1 aliphatic heterocycles. The van der Waals surface area contributed by atoms with Crippen LogP contribution < -0.4 is 5.32 Å². The highest BCUT2D eigenvalue weighted by molar-refractivity contribution is 6.28. The van der Waals surface area contributed by atoms with E-state index in [2.05, 4.69) is 5.32 Å². The van der Waals surface area contributed by atoms with E-state index in [9.17, 15) is 19.2 Å². The highest BCUT2D eigenvalue weighted by Gasteiger charge is 2.35. The second kappa shape index (κ2) is 6.86. The van der Waals surface area contributed by atoms with Crippen molar-refractivity contribution in [2.24, 2.45) is 0 Å². The minimum Gasteiger partial charge on any atom is -0.459 e. The van der Waals surface area contributed by atoms with E-state index in [1.165, 1.54) is 12.1 Å². The summed E-state index contributed by atoms with van der Waals surface area (Å²) in [7, 11) is 0. The lowest BCUT2D eigenvalue weighted by Gasteiger charge is -2.26. The van der Waals surface area contributed by atoms with Gasteiger partial charge in [-0.05, 0) is 6.07 Å². The maximum atomic E-state index is 12.5. The third-order valence-corrected chi connectivity index (χ3v) is 4.22. The van der Waals surface area contributed by atoms with Crippen molar-refractivity contribution in [3.63, 3.8) is 0 Å². The van der Waals surface area contributed by atoms with Crippen LogP contribution in [0, 0.1) is 0 Å². The number of rotatable bonds is 4. The molecule has 134 valence electrons. The van der Waals surface area contributed by atoms with Gasteiger partial charge in [0.05, 0.1) is 5.56 Å².